The van der Waals surface area contributed by atoms with E-state index < -0.39 is 0 Å². The second-order valence-corrected chi connectivity index (χ2v) is 8.60. The van der Waals surface area contributed by atoms with E-state index in [1.54, 1.807) is 30.4 Å². The maximum Gasteiger partial charge on any atom is 0.268 e. The molecule has 0 aliphatic heterocycles. The van der Waals surface area contributed by atoms with Gasteiger partial charge in [0, 0.05) is 44.3 Å². The number of nitrogens with one attached hydrogen (secondary N) is 2. The highest BCUT2D eigenvalue weighted by atomic mass is 32.1. The molecule has 0 saturated carbocycles. The fraction of sp³-hybridized carbons (Fsp3) is 0.429. The SMILES string of the molecule is CN(C)NC(=O)c1c(NC(=O)c2ccc(N(C)C)cc2)sc2c1CCCCC2. The number of rotatable bonds is 5. The molecule has 3 rings (SSSR count). The average Bonchev–Trinajstić information content (AvgIpc) is 2.81. The summed E-state index contributed by atoms with van der Waals surface area (Å²) >= 11 is 1.54. The number of fused-ring (bicyclic) bond motifs is 1. The Bertz CT molecular complexity index is 856. The number of amides is 2. The smallest absolute Gasteiger partial charge is 0.268 e. The number of thiophene rings is 1. The summed E-state index contributed by atoms with van der Waals surface area (Å²) in [5, 5.41) is 5.27. The Labute approximate surface area is 170 Å². The van der Waals surface area contributed by atoms with Crippen LogP contribution in [-0.4, -0.2) is 45.0 Å². The standard InChI is InChI=1S/C21H28N4O2S/c1-24(2)15-12-10-14(11-13-15)19(26)22-21-18(20(27)23-25(3)4)16-8-6-5-7-9-17(16)28-21/h10-13H,5-9H2,1-4H3,(H,22,26)(H,23,27). The van der Waals surface area contributed by atoms with Crippen molar-refractivity contribution in [3.05, 3.63) is 45.8 Å². The van der Waals surface area contributed by atoms with Gasteiger partial charge in [0.05, 0.1) is 5.56 Å². The van der Waals surface area contributed by atoms with Gasteiger partial charge in [-0.2, -0.15) is 0 Å². The van der Waals surface area contributed by atoms with Crippen LogP contribution in [0.25, 0.3) is 0 Å². The lowest BCUT2D eigenvalue weighted by Crippen LogP contribution is -2.36. The highest BCUT2D eigenvalue weighted by Gasteiger charge is 2.26. The zero-order valence-electron chi connectivity index (χ0n) is 17.0. The van der Waals surface area contributed by atoms with E-state index >= 15 is 0 Å². The first-order chi connectivity index (χ1) is 13.4. The van der Waals surface area contributed by atoms with E-state index in [4.69, 9.17) is 0 Å². The molecular formula is C21H28N4O2S. The number of anilines is 2. The summed E-state index contributed by atoms with van der Waals surface area (Å²) < 4.78 is 0. The third-order valence-corrected chi connectivity index (χ3v) is 6.05. The molecule has 2 N–H and O–H groups in total. The number of hydrogen-bond donors (Lipinski definition) is 2. The quantitative estimate of drug-likeness (QED) is 0.595. The Morgan fingerprint density at radius 2 is 1.61 bits per heavy atom. The molecule has 28 heavy (non-hydrogen) atoms. The van der Waals surface area contributed by atoms with Gasteiger partial charge in [0.1, 0.15) is 5.00 Å². The Morgan fingerprint density at radius 3 is 2.25 bits per heavy atom. The summed E-state index contributed by atoms with van der Waals surface area (Å²) in [4.78, 5) is 28.9. The van der Waals surface area contributed by atoms with Crippen molar-refractivity contribution in [2.45, 2.75) is 32.1 Å². The largest absolute Gasteiger partial charge is 0.378 e. The summed E-state index contributed by atoms with van der Waals surface area (Å²) in [5.41, 5.74) is 6.16. The van der Waals surface area contributed by atoms with Crippen molar-refractivity contribution in [2.75, 3.05) is 38.4 Å². The molecule has 150 valence electrons. The number of hydrogen-bond acceptors (Lipinski definition) is 5. The molecule has 0 saturated heterocycles. The Morgan fingerprint density at radius 1 is 0.929 bits per heavy atom. The van der Waals surface area contributed by atoms with Crippen molar-refractivity contribution in [1.29, 1.82) is 0 Å². The molecule has 0 unspecified atom stereocenters. The van der Waals surface area contributed by atoms with E-state index in [9.17, 15) is 9.59 Å². The van der Waals surface area contributed by atoms with Crippen molar-refractivity contribution >= 4 is 33.8 Å². The fourth-order valence-corrected chi connectivity index (χ4v) is 4.70. The number of carbonyl (C=O) groups excluding carboxylic acids is 2. The molecule has 1 aliphatic carbocycles. The van der Waals surface area contributed by atoms with Gasteiger partial charge in [0.2, 0.25) is 0 Å². The third kappa shape index (κ3) is 4.54. The molecule has 1 aliphatic rings. The summed E-state index contributed by atoms with van der Waals surface area (Å²) in [6.07, 6.45) is 5.23. The van der Waals surface area contributed by atoms with Crippen LogP contribution in [0.1, 0.15) is 50.4 Å². The van der Waals surface area contributed by atoms with Gasteiger partial charge < -0.3 is 10.2 Å². The fourth-order valence-electron chi connectivity index (χ4n) is 3.42. The second kappa shape index (κ2) is 8.75. The van der Waals surface area contributed by atoms with Crippen LogP contribution in [0, 0.1) is 0 Å². The van der Waals surface area contributed by atoms with E-state index in [0.717, 1.165) is 36.9 Å². The van der Waals surface area contributed by atoms with Gasteiger partial charge in [0.25, 0.3) is 11.8 Å². The molecular weight excluding hydrogens is 372 g/mol. The minimum atomic E-state index is -0.194. The highest BCUT2D eigenvalue weighted by Crippen LogP contribution is 2.37. The van der Waals surface area contributed by atoms with Crippen LogP contribution in [-0.2, 0) is 12.8 Å². The van der Waals surface area contributed by atoms with E-state index in [0.29, 0.717) is 16.1 Å². The maximum absolute atomic E-state index is 12.9. The molecule has 0 fully saturated rings. The minimum Gasteiger partial charge on any atom is -0.378 e. The lowest BCUT2D eigenvalue weighted by Gasteiger charge is -2.15. The highest BCUT2D eigenvalue weighted by molar-refractivity contribution is 7.17. The van der Waals surface area contributed by atoms with E-state index in [1.807, 2.05) is 43.3 Å². The molecule has 0 atom stereocenters. The number of nitrogens with zero attached hydrogens (tertiary/aromatic N) is 2. The van der Waals surface area contributed by atoms with Gasteiger partial charge in [-0.25, -0.2) is 5.01 Å². The zero-order chi connectivity index (χ0) is 20.3. The monoisotopic (exact) mass is 400 g/mol. The second-order valence-electron chi connectivity index (χ2n) is 7.50. The Balaban J connectivity index is 1.89. The first-order valence-corrected chi connectivity index (χ1v) is 10.4. The number of hydrazine groups is 1. The summed E-state index contributed by atoms with van der Waals surface area (Å²) in [6.45, 7) is 0. The summed E-state index contributed by atoms with van der Waals surface area (Å²) in [7, 11) is 7.49. The van der Waals surface area contributed by atoms with E-state index in [1.165, 1.54) is 11.3 Å². The lowest BCUT2D eigenvalue weighted by molar-refractivity contribution is 0.0857. The maximum atomic E-state index is 12.9. The van der Waals surface area contributed by atoms with Crippen molar-refractivity contribution in [1.82, 2.24) is 10.4 Å². The molecule has 6 nitrogen and oxygen atoms in total. The topological polar surface area (TPSA) is 64.7 Å². The molecule has 0 radical (unpaired) electrons. The van der Waals surface area contributed by atoms with Crippen LogP contribution in [0.3, 0.4) is 0 Å². The van der Waals surface area contributed by atoms with Crippen LogP contribution in [0.15, 0.2) is 24.3 Å². The molecule has 1 heterocycles. The number of benzene rings is 1. The predicted molar refractivity (Wildman–Crippen MR) is 115 cm³/mol. The van der Waals surface area contributed by atoms with Crippen LogP contribution < -0.4 is 15.6 Å². The van der Waals surface area contributed by atoms with E-state index in [-0.39, 0.29) is 11.8 Å². The van der Waals surface area contributed by atoms with Gasteiger partial charge in [-0.15, -0.1) is 11.3 Å². The Kier molecular flexibility index (Phi) is 6.36. The van der Waals surface area contributed by atoms with Gasteiger partial charge in [0.15, 0.2) is 0 Å². The molecule has 0 bridgehead atoms. The van der Waals surface area contributed by atoms with Gasteiger partial charge in [-0.3, -0.25) is 15.0 Å². The third-order valence-electron chi connectivity index (χ3n) is 4.85. The van der Waals surface area contributed by atoms with Crippen molar-refractivity contribution in [3.63, 3.8) is 0 Å². The van der Waals surface area contributed by atoms with Crippen molar-refractivity contribution in [3.8, 4) is 0 Å². The molecule has 2 amide bonds. The molecule has 1 aromatic carbocycles. The molecule has 2 aromatic rings. The van der Waals surface area contributed by atoms with Gasteiger partial charge in [-0.1, -0.05) is 6.42 Å². The molecule has 7 heteroatoms. The summed E-state index contributed by atoms with van der Waals surface area (Å²) in [5.74, 6) is -0.358. The zero-order valence-corrected chi connectivity index (χ0v) is 17.8. The normalized spacial score (nSPS) is 13.6. The van der Waals surface area contributed by atoms with Crippen LogP contribution in [0.4, 0.5) is 10.7 Å². The summed E-state index contributed by atoms with van der Waals surface area (Å²) in [6, 6.07) is 7.45. The van der Waals surface area contributed by atoms with Gasteiger partial charge in [-0.05, 0) is 55.5 Å². The lowest BCUT2D eigenvalue weighted by atomic mass is 10.0. The average molecular weight is 401 g/mol. The molecule has 1 aromatic heterocycles. The predicted octanol–water partition coefficient (Wildman–Crippen LogP) is 3.54. The minimum absolute atomic E-state index is 0.164. The van der Waals surface area contributed by atoms with Gasteiger partial charge >= 0.3 is 0 Å². The van der Waals surface area contributed by atoms with Crippen molar-refractivity contribution < 1.29 is 9.59 Å². The first kappa shape index (κ1) is 20.4. The Hall–Kier alpha value is -2.38. The van der Waals surface area contributed by atoms with Crippen LogP contribution >= 0.6 is 11.3 Å². The first-order valence-electron chi connectivity index (χ1n) is 9.58. The van der Waals surface area contributed by atoms with Crippen molar-refractivity contribution in [2.24, 2.45) is 0 Å². The van der Waals surface area contributed by atoms with Crippen LogP contribution in [0.5, 0.6) is 0 Å². The van der Waals surface area contributed by atoms with E-state index in [2.05, 4.69) is 10.7 Å². The molecule has 0 spiro atoms. The number of aryl methyl sites for hydroxylation is 1. The van der Waals surface area contributed by atoms with Crippen LogP contribution in [0.2, 0.25) is 0 Å². The number of carbonyl (C=O) groups is 2.